The van der Waals surface area contributed by atoms with Crippen molar-refractivity contribution in [2.75, 3.05) is 26.9 Å². The average molecular weight is 260 g/mol. The number of carboxylic acid groups (broad SMARTS) is 1. The van der Waals surface area contributed by atoms with Gasteiger partial charge < -0.3 is 25.2 Å². The average Bonchev–Trinajstić information content (AvgIpc) is 2.78. The van der Waals surface area contributed by atoms with Gasteiger partial charge in [0.1, 0.15) is 0 Å². The molecular formula is C10H16N2O6. The summed E-state index contributed by atoms with van der Waals surface area (Å²) in [6.45, 7) is 0.302. The summed E-state index contributed by atoms with van der Waals surface area (Å²) in [4.78, 5) is 33.4. The summed E-state index contributed by atoms with van der Waals surface area (Å²) in [5, 5.41) is 13.8. The number of amides is 2. The lowest BCUT2D eigenvalue weighted by atomic mass is 9.99. The van der Waals surface area contributed by atoms with Crippen LogP contribution < -0.4 is 10.6 Å². The zero-order valence-electron chi connectivity index (χ0n) is 10.0. The molecule has 18 heavy (non-hydrogen) atoms. The number of urea groups is 1. The molecule has 1 aliphatic heterocycles. The second-order valence-electron chi connectivity index (χ2n) is 3.90. The molecule has 1 aliphatic rings. The van der Waals surface area contributed by atoms with Crippen molar-refractivity contribution < 1.29 is 29.0 Å². The number of carbonyl (C=O) groups is 3. The monoisotopic (exact) mass is 260 g/mol. The Morgan fingerprint density at radius 3 is 2.67 bits per heavy atom. The summed E-state index contributed by atoms with van der Waals surface area (Å²) in [6, 6.07) is -0.646. The van der Waals surface area contributed by atoms with Crippen molar-refractivity contribution in [2.24, 2.45) is 0 Å². The lowest BCUT2D eigenvalue weighted by Gasteiger charge is -2.23. The van der Waals surface area contributed by atoms with E-state index < -0.39 is 23.5 Å². The Bertz CT molecular complexity index is 337. The standard InChI is InChI=1S/C10H16N2O6/c1-17-7(13)2-4-11-9(16)12-10(8(14)15)3-5-18-6-10/h2-6H2,1H3,(H,14,15)(H2,11,12,16). The predicted octanol–water partition coefficient (Wildman–Crippen LogP) is -0.908. The van der Waals surface area contributed by atoms with Gasteiger partial charge in [0.2, 0.25) is 0 Å². The minimum Gasteiger partial charge on any atom is -0.479 e. The predicted molar refractivity (Wildman–Crippen MR) is 59.0 cm³/mol. The van der Waals surface area contributed by atoms with E-state index in [-0.39, 0.29) is 32.6 Å². The van der Waals surface area contributed by atoms with Crippen molar-refractivity contribution >= 4 is 18.0 Å². The van der Waals surface area contributed by atoms with E-state index >= 15 is 0 Å². The van der Waals surface area contributed by atoms with Crippen LogP contribution in [0.3, 0.4) is 0 Å². The molecule has 1 heterocycles. The van der Waals surface area contributed by atoms with Crippen molar-refractivity contribution in [1.29, 1.82) is 0 Å². The van der Waals surface area contributed by atoms with Gasteiger partial charge in [0, 0.05) is 19.6 Å². The van der Waals surface area contributed by atoms with E-state index in [0.717, 1.165) is 0 Å². The third-order valence-corrected chi connectivity index (χ3v) is 2.63. The zero-order chi connectivity index (χ0) is 13.6. The minimum absolute atomic E-state index is 0.0283. The Morgan fingerprint density at radius 1 is 1.44 bits per heavy atom. The fraction of sp³-hybridized carbons (Fsp3) is 0.700. The molecule has 1 saturated heterocycles. The Labute approximate surface area is 104 Å². The van der Waals surface area contributed by atoms with Crippen LogP contribution in [0.2, 0.25) is 0 Å². The first-order valence-electron chi connectivity index (χ1n) is 5.44. The van der Waals surface area contributed by atoms with E-state index in [2.05, 4.69) is 15.4 Å². The van der Waals surface area contributed by atoms with Crippen molar-refractivity contribution in [1.82, 2.24) is 10.6 Å². The normalized spacial score (nSPS) is 22.3. The summed E-state index contributed by atoms with van der Waals surface area (Å²) in [5.74, 6) is -1.59. The molecule has 102 valence electrons. The second kappa shape index (κ2) is 6.20. The number of carboxylic acids is 1. The van der Waals surface area contributed by atoms with Crippen molar-refractivity contribution in [3.05, 3.63) is 0 Å². The zero-order valence-corrected chi connectivity index (χ0v) is 10.0. The number of ether oxygens (including phenoxy) is 2. The van der Waals surface area contributed by atoms with Gasteiger partial charge in [0.25, 0.3) is 0 Å². The summed E-state index contributed by atoms with van der Waals surface area (Å²) in [6.07, 6.45) is 0.243. The first-order valence-corrected chi connectivity index (χ1v) is 5.44. The molecule has 1 rings (SSSR count). The molecule has 1 fully saturated rings. The number of esters is 1. The molecule has 0 spiro atoms. The Kier molecular flexibility index (Phi) is 4.90. The fourth-order valence-electron chi connectivity index (χ4n) is 1.53. The minimum atomic E-state index is -1.38. The molecular weight excluding hydrogens is 244 g/mol. The van der Waals surface area contributed by atoms with E-state index in [4.69, 9.17) is 9.84 Å². The molecule has 0 saturated carbocycles. The van der Waals surface area contributed by atoms with E-state index in [0.29, 0.717) is 0 Å². The van der Waals surface area contributed by atoms with Crippen LogP contribution in [0.25, 0.3) is 0 Å². The topological polar surface area (TPSA) is 114 Å². The fourth-order valence-corrected chi connectivity index (χ4v) is 1.53. The Hall–Kier alpha value is -1.83. The molecule has 0 aromatic heterocycles. The number of carbonyl (C=O) groups excluding carboxylic acids is 2. The number of nitrogens with one attached hydrogen (secondary N) is 2. The molecule has 0 bridgehead atoms. The summed E-state index contributed by atoms with van der Waals surface area (Å²) < 4.78 is 9.38. The molecule has 0 radical (unpaired) electrons. The molecule has 8 nitrogen and oxygen atoms in total. The SMILES string of the molecule is COC(=O)CCNC(=O)NC1(C(=O)O)CCOC1. The largest absolute Gasteiger partial charge is 0.479 e. The highest BCUT2D eigenvalue weighted by atomic mass is 16.5. The third-order valence-electron chi connectivity index (χ3n) is 2.63. The Morgan fingerprint density at radius 2 is 2.17 bits per heavy atom. The van der Waals surface area contributed by atoms with Crippen molar-refractivity contribution in [2.45, 2.75) is 18.4 Å². The third kappa shape index (κ3) is 3.59. The van der Waals surface area contributed by atoms with Gasteiger partial charge in [0.15, 0.2) is 5.54 Å². The van der Waals surface area contributed by atoms with Gasteiger partial charge in [-0.2, -0.15) is 0 Å². The number of aliphatic carboxylic acids is 1. The van der Waals surface area contributed by atoms with Crippen molar-refractivity contribution in [3.63, 3.8) is 0 Å². The molecule has 1 unspecified atom stereocenters. The van der Waals surface area contributed by atoms with Gasteiger partial charge in [-0.25, -0.2) is 9.59 Å². The van der Waals surface area contributed by atoms with E-state index in [9.17, 15) is 14.4 Å². The first-order chi connectivity index (χ1) is 8.50. The highest BCUT2D eigenvalue weighted by molar-refractivity contribution is 5.86. The van der Waals surface area contributed by atoms with Crippen LogP contribution in [-0.2, 0) is 19.1 Å². The van der Waals surface area contributed by atoms with E-state index in [1.54, 1.807) is 0 Å². The summed E-state index contributed by atoms with van der Waals surface area (Å²) in [5.41, 5.74) is -1.38. The van der Waals surface area contributed by atoms with Crippen molar-refractivity contribution in [3.8, 4) is 0 Å². The molecule has 0 aliphatic carbocycles. The molecule has 2 amide bonds. The lowest BCUT2D eigenvalue weighted by molar-refractivity contribution is -0.144. The van der Waals surface area contributed by atoms with Crippen LogP contribution in [0.1, 0.15) is 12.8 Å². The van der Waals surface area contributed by atoms with Crippen LogP contribution >= 0.6 is 0 Å². The molecule has 0 aromatic rings. The molecule has 3 N–H and O–H groups in total. The van der Waals surface area contributed by atoms with Gasteiger partial charge in [-0.3, -0.25) is 4.79 Å². The highest BCUT2D eigenvalue weighted by Gasteiger charge is 2.43. The highest BCUT2D eigenvalue weighted by Crippen LogP contribution is 2.18. The summed E-state index contributed by atoms with van der Waals surface area (Å²) >= 11 is 0. The molecule has 8 heteroatoms. The maximum atomic E-state index is 11.5. The van der Waals surface area contributed by atoms with Gasteiger partial charge in [0.05, 0.1) is 20.1 Å². The van der Waals surface area contributed by atoms with Gasteiger partial charge >= 0.3 is 18.0 Å². The van der Waals surface area contributed by atoms with Gasteiger partial charge in [-0.1, -0.05) is 0 Å². The van der Waals surface area contributed by atoms with Gasteiger partial charge in [-0.15, -0.1) is 0 Å². The lowest BCUT2D eigenvalue weighted by Crippen LogP contribution is -2.57. The second-order valence-corrected chi connectivity index (χ2v) is 3.90. The van der Waals surface area contributed by atoms with E-state index in [1.165, 1.54) is 7.11 Å². The van der Waals surface area contributed by atoms with Crippen LogP contribution in [0.5, 0.6) is 0 Å². The quantitative estimate of drug-likeness (QED) is 0.551. The number of rotatable bonds is 5. The van der Waals surface area contributed by atoms with Crippen LogP contribution in [0.4, 0.5) is 4.79 Å². The number of methoxy groups -OCH3 is 1. The molecule has 0 aromatic carbocycles. The van der Waals surface area contributed by atoms with Crippen LogP contribution in [0.15, 0.2) is 0 Å². The smallest absolute Gasteiger partial charge is 0.332 e. The number of hydrogen-bond acceptors (Lipinski definition) is 5. The number of hydrogen-bond donors (Lipinski definition) is 3. The Balaban J connectivity index is 2.38. The van der Waals surface area contributed by atoms with Crippen LogP contribution in [0, 0.1) is 0 Å². The molecule has 1 atom stereocenters. The van der Waals surface area contributed by atoms with Crippen LogP contribution in [-0.4, -0.2) is 55.5 Å². The maximum Gasteiger partial charge on any atom is 0.332 e. The maximum absolute atomic E-state index is 11.5. The van der Waals surface area contributed by atoms with E-state index in [1.807, 2.05) is 0 Å². The van der Waals surface area contributed by atoms with Gasteiger partial charge in [-0.05, 0) is 0 Å². The summed E-state index contributed by atoms with van der Waals surface area (Å²) in [7, 11) is 1.25. The first kappa shape index (κ1) is 14.2.